The highest BCUT2D eigenvalue weighted by molar-refractivity contribution is 7.91. The van der Waals surface area contributed by atoms with Gasteiger partial charge in [-0.15, -0.1) is 0 Å². The van der Waals surface area contributed by atoms with Gasteiger partial charge in [-0.05, 0) is 19.1 Å². The molecule has 1 N–H and O–H groups in total. The van der Waals surface area contributed by atoms with Crippen molar-refractivity contribution in [3.05, 3.63) is 36.3 Å². The van der Waals surface area contributed by atoms with Gasteiger partial charge in [0.2, 0.25) is 5.88 Å². The summed E-state index contributed by atoms with van der Waals surface area (Å²) < 4.78 is 31.1. The largest absolute Gasteiger partial charge is 0.480 e. The van der Waals surface area contributed by atoms with E-state index in [4.69, 9.17) is 4.74 Å². The van der Waals surface area contributed by atoms with Gasteiger partial charge in [-0.25, -0.2) is 18.2 Å². The van der Waals surface area contributed by atoms with E-state index >= 15 is 0 Å². The van der Waals surface area contributed by atoms with Gasteiger partial charge in [0.1, 0.15) is 5.69 Å². The van der Waals surface area contributed by atoms with Gasteiger partial charge in [0.05, 0.1) is 30.9 Å². The Hall–Kier alpha value is -2.62. The fourth-order valence-corrected chi connectivity index (χ4v) is 4.38. The molecule has 0 spiro atoms. The van der Waals surface area contributed by atoms with E-state index in [0.29, 0.717) is 23.7 Å². The monoisotopic (exact) mass is 379 g/mol. The molecule has 2 aromatic heterocycles. The molecular weight excluding hydrogens is 358 g/mol. The summed E-state index contributed by atoms with van der Waals surface area (Å²) in [5.41, 5.74) is 1.12. The first-order valence-electron chi connectivity index (χ1n) is 8.23. The quantitative estimate of drug-likeness (QED) is 0.858. The van der Waals surface area contributed by atoms with E-state index < -0.39 is 21.9 Å². The number of sulfone groups is 1. The number of aromatic nitrogens is 3. The number of nitrogens with zero attached hydrogens (tertiary/aromatic N) is 4. The molecule has 1 unspecified atom stereocenters. The minimum Gasteiger partial charge on any atom is -0.480 e. The van der Waals surface area contributed by atoms with Gasteiger partial charge >= 0.3 is 6.03 Å². The van der Waals surface area contributed by atoms with Gasteiger partial charge < -0.3 is 15.0 Å². The molecule has 0 aromatic carbocycles. The Balaban J connectivity index is 1.86. The van der Waals surface area contributed by atoms with Gasteiger partial charge in [-0.1, -0.05) is 0 Å². The summed E-state index contributed by atoms with van der Waals surface area (Å²) in [6.45, 7) is 2.71. The molecule has 1 aliphatic heterocycles. The lowest BCUT2D eigenvalue weighted by molar-refractivity contribution is 0.194. The number of amides is 2. The molecule has 1 aliphatic rings. The first kappa shape index (κ1) is 18.2. The first-order chi connectivity index (χ1) is 12.4. The summed E-state index contributed by atoms with van der Waals surface area (Å²) in [4.78, 5) is 18.4. The van der Waals surface area contributed by atoms with E-state index in [1.54, 1.807) is 35.4 Å². The molecule has 9 nitrogen and oxygen atoms in total. The normalized spacial score (nSPS) is 19.2. The fraction of sp³-hybridized carbons (Fsp3) is 0.438. The van der Waals surface area contributed by atoms with Crippen molar-refractivity contribution in [2.45, 2.75) is 19.5 Å². The summed E-state index contributed by atoms with van der Waals surface area (Å²) in [6, 6.07) is 2.37. The second kappa shape index (κ2) is 7.32. The molecule has 3 heterocycles. The number of pyridine rings is 1. The molecular formula is C16H21N5O4S. The second-order valence-electron chi connectivity index (χ2n) is 5.94. The van der Waals surface area contributed by atoms with Gasteiger partial charge in [0, 0.05) is 31.0 Å². The average molecular weight is 379 g/mol. The van der Waals surface area contributed by atoms with Crippen molar-refractivity contribution in [2.24, 2.45) is 0 Å². The molecule has 0 aliphatic carbocycles. The summed E-state index contributed by atoms with van der Waals surface area (Å²) in [7, 11) is -1.76. The highest BCUT2D eigenvalue weighted by Gasteiger charge is 2.36. The van der Waals surface area contributed by atoms with Crippen LogP contribution in [0.1, 0.15) is 18.5 Å². The van der Waals surface area contributed by atoms with Gasteiger partial charge in [0.15, 0.2) is 9.84 Å². The van der Waals surface area contributed by atoms with Crippen molar-refractivity contribution in [2.75, 3.05) is 30.5 Å². The Morgan fingerprint density at radius 1 is 1.46 bits per heavy atom. The molecule has 0 saturated carbocycles. The molecule has 1 saturated heterocycles. The van der Waals surface area contributed by atoms with Crippen LogP contribution in [0.5, 0.6) is 5.88 Å². The number of carbonyl (C=O) groups excluding carboxylic acids is 1. The second-order valence-corrected chi connectivity index (χ2v) is 8.17. The lowest BCUT2D eigenvalue weighted by atomic mass is 10.1. The predicted molar refractivity (Wildman–Crippen MR) is 95.8 cm³/mol. The molecule has 10 heteroatoms. The van der Waals surface area contributed by atoms with Crippen molar-refractivity contribution >= 4 is 21.6 Å². The number of hydrogen-bond acceptors (Lipinski definition) is 6. The molecule has 26 heavy (non-hydrogen) atoms. The number of rotatable bonds is 4. The summed E-state index contributed by atoms with van der Waals surface area (Å²) in [5.74, 6) is 0.101. The number of methoxy groups -OCH3 is 1. The van der Waals surface area contributed by atoms with Crippen LogP contribution in [0.3, 0.4) is 0 Å². The van der Waals surface area contributed by atoms with Crippen LogP contribution in [0.4, 0.5) is 10.5 Å². The Morgan fingerprint density at radius 2 is 2.27 bits per heavy atom. The number of hydrogen-bond donors (Lipinski definition) is 1. The average Bonchev–Trinajstić information content (AvgIpc) is 3.10. The number of nitrogens with one attached hydrogen (secondary N) is 1. The maximum absolute atomic E-state index is 12.8. The Morgan fingerprint density at radius 3 is 2.96 bits per heavy atom. The van der Waals surface area contributed by atoms with Crippen LogP contribution in [0.25, 0.3) is 0 Å². The third kappa shape index (κ3) is 3.79. The zero-order valence-electron chi connectivity index (χ0n) is 14.6. The van der Waals surface area contributed by atoms with Crippen molar-refractivity contribution < 1.29 is 17.9 Å². The van der Waals surface area contributed by atoms with Crippen molar-refractivity contribution in [3.8, 4) is 5.88 Å². The third-order valence-electron chi connectivity index (χ3n) is 4.26. The van der Waals surface area contributed by atoms with Crippen LogP contribution in [0.15, 0.2) is 30.7 Å². The smallest absolute Gasteiger partial charge is 0.322 e. The minimum atomic E-state index is -3.23. The highest BCUT2D eigenvalue weighted by Crippen LogP contribution is 2.28. The maximum Gasteiger partial charge on any atom is 0.322 e. The minimum absolute atomic E-state index is 0.0665. The van der Waals surface area contributed by atoms with Crippen LogP contribution >= 0.6 is 0 Å². The van der Waals surface area contributed by atoms with E-state index in [9.17, 15) is 13.2 Å². The van der Waals surface area contributed by atoms with Crippen molar-refractivity contribution in [1.29, 1.82) is 0 Å². The maximum atomic E-state index is 12.8. The Labute approximate surface area is 151 Å². The molecule has 2 aromatic rings. The molecule has 1 atom stereocenters. The Kier molecular flexibility index (Phi) is 5.12. The lowest BCUT2D eigenvalue weighted by Gasteiger charge is -2.35. The first-order valence-corrected chi connectivity index (χ1v) is 10.0. The number of urea groups is 1. The van der Waals surface area contributed by atoms with E-state index in [2.05, 4.69) is 15.4 Å². The van der Waals surface area contributed by atoms with Gasteiger partial charge in [-0.2, -0.15) is 5.10 Å². The van der Waals surface area contributed by atoms with Crippen LogP contribution in [-0.4, -0.2) is 59.3 Å². The van der Waals surface area contributed by atoms with Crippen molar-refractivity contribution in [3.63, 3.8) is 0 Å². The van der Waals surface area contributed by atoms with E-state index in [-0.39, 0.29) is 18.1 Å². The SMILES string of the molecule is CCn1cc(C2CS(=O)(=O)CCN2C(=O)Nc2cccnc2OC)cn1. The van der Waals surface area contributed by atoms with E-state index in [1.165, 1.54) is 12.0 Å². The van der Waals surface area contributed by atoms with Crippen LogP contribution in [0.2, 0.25) is 0 Å². The van der Waals surface area contributed by atoms with Crippen molar-refractivity contribution in [1.82, 2.24) is 19.7 Å². The molecule has 140 valence electrons. The summed E-state index contributed by atoms with van der Waals surface area (Å²) in [6.07, 6.45) is 4.94. The number of ether oxygens (including phenoxy) is 1. The zero-order chi connectivity index (χ0) is 18.7. The van der Waals surface area contributed by atoms with Gasteiger partial charge in [0.25, 0.3) is 0 Å². The van der Waals surface area contributed by atoms with Crippen LogP contribution in [0, 0.1) is 0 Å². The molecule has 3 rings (SSSR count). The van der Waals surface area contributed by atoms with Crippen LogP contribution in [-0.2, 0) is 16.4 Å². The molecule has 2 amide bonds. The zero-order valence-corrected chi connectivity index (χ0v) is 15.4. The van der Waals surface area contributed by atoms with E-state index in [0.717, 1.165) is 0 Å². The summed E-state index contributed by atoms with van der Waals surface area (Å²) >= 11 is 0. The standard InChI is InChI=1S/C16H21N5O4S/c1-3-20-10-12(9-18-20)14-11-26(23,24)8-7-21(14)16(22)19-13-5-4-6-17-15(13)25-2/h4-6,9-10,14H,3,7-8,11H2,1-2H3,(H,19,22). The predicted octanol–water partition coefficient (Wildman–Crippen LogP) is 1.31. The topological polar surface area (TPSA) is 106 Å². The molecule has 1 fully saturated rings. The lowest BCUT2D eigenvalue weighted by Crippen LogP contribution is -2.47. The summed E-state index contributed by atoms with van der Waals surface area (Å²) in [5, 5.41) is 6.95. The Bertz CT molecular complexity index is 896. The molecule has 0 radical (unpaired) electrons. The fourth-order valence-electron chi connectivity index (χ4n) is 2.89. The third-order valence-corrected chi connectivity index (χ3v) is 5.89. The highest BCUT2D eigenvalue weighted by atomic mass is 32.2. The molecule has 0 bridgehead atoms. The number of carbonyl (C=O) groups is 1. The number of aryl methyl sites for hydroxylation is 1. The van der Waals surface area contributed by atoms with Gasteiger partial charge in [-0.3, -0.25) is 4.68 Å². The van der Waals surface area contributed by atoms with E-state index in [1.807, 2.05) is 6.92 Å². The van der Waals surface area contributed by atoms with Crippen LogP contribution < -0.4 is 10.1 Å². The number of anilines is 1.